The van der Waals surface area contributed by atoms with E-state index >= 15 is 0 Å². The second kappa shape index (κ2) is 7.02. The first-order chi connectivity index (χ1) is 5.76. The van der Waals surface area contributed by atoms with Crippen LogP contribution in [0.1, 0.15) is 19.3 Å². The van der Waals surface area contributed by atoms with Crippen LogP contribution in [-0.2, 0) is 9.53 Å². The summed E-state index contributed by atoms with van der Waals surface area (Å²) < 4.78 is 4.52. The number of ether oxygens (including phenoxy) is 1. The summed E-state index contributed by atoms with van der Waals surface area (Å²) in [4.78, 5) is 10.9. The van der Waals surface area contributed by atoms with E-state index in [-0.39, 0.29) is 5.97 Å². The highest BCUT2D eigenvalue weighted by Crippen LogP contribution is 2.00. The minimum atomic E-state index is -0.401. The Morgan fingerprint density at radius 2 is 2.25 bits per heavy atom. The van der Waals surface area contributed by atoms with E-state index in [4.69, 9.17) is 11.6 Å². The molecule has 12 heavy (non-hydrogen) atoms. The molecule has 0 aromatic heterocycles. The Balaban J connectivity index is 3.60. The van der Waals surface area contributed by atoms with E-state index < -0.39 is 6.04 Å². The van der Waals surface area contributed by atoms with E-state index in [1.807, 2.05) is 0 Å². The van der Waals surface area contributed by atoms with Gasteiger partial charge in [-0.05, 0) is 25.8 Å². The standard InChI is InChI=1S/C7H17N3O2/c1-12-7(11)6(10-9)4-2-3-5-8/h6,10H,2-5,8-9H2,1H3/t6-/m0/s1. The van der Waals surface area contributed by atoms with Gasteiger partial charge in [-0.1, -0.05) is 0 Å². The fourth-order valence-corrected chi connectivity index (χ4v) is 0.904. The molecular formula is C7H17N3O2. The second-order valence-electron chi connectivity index (χ2n) is 2.53. The second-order valence-corrected chi connectivity index (χ2v) is 2.53. The SMILES string of the molecule is COC(=O)[C@H](CCCCN)NN. The van der Waals surface area contributed by atoms with E-state index in [0.29, 0.717) is 13.0 Å². The van der Waals surface area contributed by atoms with Crippen LogP contribution in [0.15, 0.2) is 0 Å². The summed E-state index contributed by atoms with van der Waals surface area (Å²) in [6, 6.07) is -0.401. The number of esters is 1. The predicted octanol–water partition coefficient (Wildman–Crippen LogP) is -0.880. The van der Waals surface area contributed by atoms with Crippen LogP contribution < -0.4 is 17.0 Å². The minimum absolute atomic E-state index is 0.325. The average Bonchev–Trinajstić information content (AvgIpc) is 2.11. The lowest BCUT2D eigenvalue weighted by Gasteiger charge is -2.12. The molecule has 0 unspecified atom stereocenters. The van der Waals surface area contributed by atoms with Crippen LogP contribution in [0.5, 0.6) is 0 Å². The Kier molecular flexibility index (Phi) is 6.64. The molecular weight excluding hydrogens is 158 g/mol. The average molecular weight is 175 g/mol. The summed E-state index contributed by atoms with van der Waals surface area (Å²) in [5, 5.41) is 0. The van der Waals surface area contributed by atoms with Crippen molar-refractivity contribution in [2.75, 3.05) is 13.7 Å². The Morgan fingerprint density at radius 3 is 2.67 bits per heavy atom. The summed E-state index contributed by atoms with van der Waals surface area (Å²) in [5.74, 6) is 4.82. The van der Waals surface area contributed by atoms with Gasteiger partial charge in [0.1, 0.15) is 6.04 Å². The first-order valence-corrected chi connectivity index (χ1v) is 4.00. The number of nitrogens with two attached hydrogens (primary N) is 2. The van der Waals surface area contributed by atoms with Crippen LogP contribution in [0, 0.1) is 0 Å². The van der Waals surface area contributed by atoms with Gasteiger partial charge >= 0.3 is 5.97 Å². The largest absolute Gasteiger partial charge is 0.468 e. The molecule has 0 fully saturated rings. The molecule has 0 aromatic carbocycles. The molecule has 5 heteroatoms. The fraction of sp³-hybridized carbons (Fsp3) is 0.857. The van der Waals surface area contributed by atoms with Gasteiger partial charge in [0.05, 0.1) is 7.11 Å². The number of carbonyl (C=O) groups excluding carboxylic acids is 1. The smallest absolute Gasteiger partial charge is 0.324 e. The maximum absolute atomic E-state index is 10.9. The van der Waals surface area contributed by atoms with Crippen molar-refractivity contribution in [1.29, 1.82) is 0 Å². The fourth-order valence-electron chi connectivity index (χ4n) is 0.904. The number of carbonyl (C=O) groups is 1. The first-order valence-electron chi connectivity index (χ1n) is 4.00. The molecule has 0 spiro atoms. The molecule has 0 aliphatic rings. The van der Waals surface area contributed by atoms with E-state index in [1.165, 1.54) is 7.11 Å². The molecule has 0 aliphatic heterocycles. The van der Waals surface area contributed by atoms with Crippen molar-refractivity contribution in [1.82, 2.24) is 5.43 Å². The highest BCUT2D eigenvalue weighted by atomic mass is 16.5. The van der Waals surface area contributed by atoms with Crippen LogP contribution in [0.2, 0.25) is 0 Å². The van der Waals surface area contributed by atoms with E-state index in [2.05, 4.69) is 10.2 Å². The maximum atomic E-state index is 10.9. The lowest BCUT2D eigenvalue weighted by molar-refractivity contribution is -0.143. The molecule has 5 nitrogen and oxygen atoms in total. The Morgan fingerprint density at radius 1 is 1.58 bits per heavy atom. The maximum Gasteiger partial charge on any atom is 0.324 e. The molecule has 5 N–H and O–H groups in total. The summed E-state index contributed by atoms with van der Waals surface area (Å²) in [6.45, 7) is 0.637. The van der Waals surface area contributed by atoms with Crippen molar-refractivity contribution < 1.29 is 9.53 Å². The molecule has 1 atom stereocenters. The van der Waals surface area contributed by atoms with Crippen molar-refractivity contribution in [2.24, 2.45) is 11.6 Å². The van der Waals surface area contributed by atoms with Gasteiger partial charge in [0.2, 0.25) is 0 Å². The van der Waals surface area contributed by atoms with Crippen LogP contribution in [0.4, 0.5) is 0 Å². The van der Waals surface area contributed by atoms with Crippen LogP contribution in [-0.4, -0.2) is 25.7 Å². The number of hydrazine groups is 1. The van der Waals surface area contributed by atoms with Crippen LogP contribution in [0.25, 0.3) is 0 Å². The zero-order chi connectivity index (χ0) is 9.40. The summed E-state index contributed by atoms with van der Waals surface area (Å²) in [7, 11) is 1.34. The summed E-state index contributed by atoms with van der Waals surface area (Å²) >= 11 is 0. The van der Waals surface area contributed by atoms with Crippen molar-refractivity contribution in [3.05, 3.63) is 0 Å². The Labute approximate surface area is 72.4 Å². The van der Waals surface area contributed by atoms with E-state index in [9.17, 15) is 4.79 Å². The van der Waals surface area contributed by atoms with Crippen molar-refractivity contribution in [3.8, 4) is 0 Å². The van der Waals surface area contributed by atoms with Gasteiger partial charge in [-0.25, -0.2) is 5.43 Å². The number of nitrogens with one attached hydrogen (secondary N) is 1. The quantitative estimate of drug-likeness (QED) is 0.211. The van der Waals surface area contributed by atoms with E-state index in [0.717, 1.165) is 12.8 Å². The number of hydrogen-bond donors (Lipinski definition) is 3. The van der Waals surface area contributed by atoms with Crippen molar-refractivity contribution >= 4 is 5.97 Å². The predicted molar refractivity (Wildman–Crippen MR) is 46.0 cm³/mol. The normalized spacial score (nSPS) is 12.6. The van der Waals surface area contributed by atoms with Gasteiger partial charge in [0.15, 0.2) is 0 Å². The van der Waals surface area contributed by atoms with Crippen molar-refractivity contribution in [3.63, 3.8) is 0 Å². The highest BCUT2D eigenvalue weighted by molar-refractivity contribution is 5.75. The van der Waals surface area contributed by atoms with Gasteiger partial charge in [-0.3, -0.25) is 10.6 Å². The number of hydrogen-bond acceptors (Lipinski definition) is 5. The van der Waals surface area contributed by atoms with Gasteiger partial charge < -0.3 is 10.5 Å². The molecule has 72 valence electrons. The van der Waals surface area contributed by atoms with Crippen LogP contribution >= 0.6 is 0 Å². The number of methoxy groups -OCH3 is 1. The number of unbranched alkanes of at least 4 members (excludes halogenated alkanes) is 1. The summed E-state index contributed by atoms with van der Waals surface area (Å²) in [6.07, 6.45) is 2.44. The molecule has 0 radical (unpaired) electrons. The summed E-state index contributed by atoms with van der Waals surface area (Å²) in [5.41, 5.74) is 7.69. The zero-order valence-electron chi connectivity index (χ0n) is 7.38. The van der Waals surface area contributed by atoms with Gasteiger partial charge in [-0.2, -0.15) is 0 Å². The van der Waals surface area contributed by atoms with Gasteiger partial charge in [0.25, 0.3) is 0 Å². The van der Waals surface area contributed by atoms with Crippen LogP contribution in [0.3, 0.4) is 0 Å². The van der Waals surface area contributed by atoms with Gasteiger partial charge in [0, 0.05) is 0 Å². The molecule has 0 heterocycles. The molecule has 0 saturated heterocycles. The van der Waals surface area contributed by atoms with Gasteiger partial charge in [-0.15, -0.1) is 0 Å². The lowest BCUT2D eigenvalue weighted by Crippen LogP contribution is -2.42. The molecule has 0 saturated carbocycles. The molecule has 0 bridgehead atoms. The molecule has 0 aromatic rings. The topological polar surface area (TPSA) is 90.4 Å². The minimum Gasteiger partial charge on any atom is -0.468 e. The molecule has 0 aliphatic carbocycles. The molecule has 0 rings (SSSR count). The Bertz CT molecular complexity index is 130. The monoisotopic (exact) mass is 175 g/mol. The highest BCUT2D eigenvalue weighted by Gasteiger charge is 2.15. The first kappa shape index (κ1) is 11.4. The van der Waals surface area contributed by atoms with E-state index in [1.54, 1.807) is 0 Å². The third kappa shape index (κ3) is 4.27. The lowest BCUT2D eigenvalue weighted by atomic mass is 10.1. The molecule has 0 amide bonds. The Hall–Kier alpha value is -0.650. The number of rotatable bonds is 6. The third-order valence-corrected chi connectivity index (χ3v) is 1.63. The zero-order valence-corrected chi connectivity index (χ0v) is 7.38. The third-order valence-electron chi connectivity index (χ3n) is 1.63. The van der Waals surface area contributed by atoms with Crippen molar-refractivity contribution in [2.45, 2.75) is 25.3 Å².